The van der Waals surface area contributed by atoms with Crippen molar-refractivity contribution >= 4 is 22.6 Å². The predicted molar refractivity (Wildman–Crippen MR) is 146 cm³/mol. The molecule has 4 aromatic carbocycles. The van der Waals surface area contributed by atoms with E-state index in [9.17, 15) is 9.90 Å². The molecule has 188 valence electrons. The summed E-state index contributed by atoms with van der Waals surface area (Å²) in [5.74, 6) is 0.318. The summed E-state index contributed by atoms with van der Waals surface area (Å²) in [6.07, 6.45) is 3.22. The number of methoxy groups -OCH3 is 1. The Hall–Kier alpha value is -4.68. The van der Waals surface area contributed by atoms with Crippen molar-refractivity contribution in [3.8, 4) is 5.75 Å². The molecule has 6 heteroatoms. The van der Waals surface area contributed by atoms with Gasteiger partial charge in [0.2, 0.25) is 0 Å². The van der Waals surface area contributed by atoms with E-state index < -0.39 is 12.1 Å². The maximum absolute atomic E-state index is 12.3. The number of carbonyl (C=O) groups excluding carboxylic acids is 1. The minimum absolute atomic E-state index is 0.394. The second kappa shape index (κ2) is 10.00. The van der Waals surface area contributed by atoms with Crippen LogP contribution in [0.5, 0.6) is 5.75 Å². The average molecular weight is 503 g/mol. The highest BCUT2D eigenvalue weighted by molar-refractivity contribution is 5.93. The van der Waals surface area contributed by atoms with Crippen LogP contribution >= 0.6 is 0 Å². The smallest absolute Gasteiger partial charge is 0.337 e. The molecule has 1 aliphatic heterocycles. The molecule has 6 rings (SSSR count). The molecule has 1 N–H and O–H groups in total. The maximum atomic E-state index is 12.3. The van der Waals surface area contributed by atoms with Crippen LogP contribution in [-0.4, -0.2) is 27.7 Å². The third-order valence-corrected chi connectivity index (χ3v) is 6.95. The molecule has 2 heterocycles. The molecule has 5 aromatic rings. The van der Waals surface area contributed by atoms with Crippen LogP contribution in [0.1, 0.15) is 44.3 Å². The summed E-state index contributed by atoms with van der Waals surface area (Å²) < 4.78 is 13.1. The molecule has 1 unspecified atom stereocenters. The molecule has 1 aromatic heterocycles. The molecule has 1 aliphatic rings. The maximum Gasteiger partial charge on any atom is 0.337 e. The Morgan fingerprint density at radius 3 is 2.66 bits per heavy atom. The molecule has 0 amide bonds. The van der Waals surface area contributed by atoms with E-state index >= 15 is 0 Å². The lowest BCUT2D eigenvalue weighted by Gasteiger charge is -2.13. The highest BCUT2D eigenvalue weighted by Gasteiger charge is 2.21. The largest absolute Gasteiger partial charge is 0.488 e. The number of aliphatic hydroxyl groups is 1. The van der Waals surface area contributed by atoms with Gasteiger partial charge in [-0.05, 0) is 58.2 Å². The number of rotatable bonds is 5. The van der Waals surface area contributed by atoms with Gasteiger partial charge in [0.15, 0.2) is 0 Å². The van der Waals surface area contributed by atoms with Crippen molar-refractivity contribution in [1.29, 1.82) is 0 Å². The van der Waals surface area contributed by atoms with Gasteiger partial charge in [-0.25, -0.2) is 9.78 Å². The molecule has 6 nitrogen and oxygen atoms in total. The Kier molecular flexibility index (Phi) is 6.23. The van der Waals surface area contributed by atoms with Gasteiger partial charge in [0.05, 0.1) is 30.0 Å². The number of imidazole rings is 1. The lowest BCUT2D eigenvalue weighted by atomic mass is 9.93. The van der Waals surface area contributed by atoms with E-state index in [1.165, 1.54) is 7.11 Å². The number of allylic oxidation sites excluding steroid dienone is 1. The van der Waals surface area contributed by atoms with Gasteiger partial charge in [-0.2, -0.15) is 0 Å². The number of nitrogens with zero attached hydrogens (tertiary/aromatic N) is 2. The Morgan fingerprint density at radius 1 is 1.00 bits per heavy atom. The molecule has 1 atom stereocenters. The zero-order chi connectivity index (χ0) is 26.1. The van der Waals surface area contributed by atoms with Crippen molar-refractivity contribution in [2.45, 2.75) is 19.3 Å². The fraction of sp³-hybridized carbons (Fsp3) is 0.125. The zero-order valence-electron chi connectivity index (χ0n) is 20.9. The van der Waals surface area contributed by atoms with Crippen LogP contribution < -0.4 is 4.74 Å². The summed E-state index contributed by atoms with van der Waals surface area (Å²) >= 11 is 0. The number of benzene rings is 4. The van der Waals surface area contributed by atoms with Gasteiger partial charge in [-0.3, -0.25) is 0 Å². The quantitative estimate of drug-likeness (QED) is 0.302. The Bertz CT molecular complexity index is 1670. The molecule has 0 aliphatic carbocycles. The van der Waals surface area contributed by atoms with Crippen LogP contribution in [-0.2, 0) is 17.9 Å². The molecule has 38 heavy (non-hydrogen) atoms. The van der Waals surface area contributed by atoms with Crippen LogP contribution in [0.2, 0.25) is 0 Å². The fourth-order valence-corrected chi connectivity index (χ4v) is 4.95. The van der Waals surface area contributed by atoms with E-state index in [0.717, 1.165) is 44.4 Å². The monoisotopic (exact) mass is 502 g/mol. The molecule has 0 saturated carbocycles. The predicted octanol–water partition coefficient (Wildman–Crippen LogP) is 5.93. The SMILES string of the molecule is COC(=O)c1ccc2c(c1)/C(=C/Cn1cnc3ccc(C(O)c4ccccc4)cc31)c1ccccc1CO2. The van der Waals surface area contributed by atoms with E-state index in [-0.39, 0.29) is 0 Å². The second-order valence-corrected chi connectivity index (χ2v) is 9.22. The van der Waals surface area contributed by atoms with E-state index in [4.69, 9.17) is 9.47 Å². The summed E-state index contributed by atoms with van der Waals surface area (Å²) in [7, 11) is 1.38. The van der Waals surface area contributed by atoms with E-state index in [0.29, 0.717) is 24.5 Å². The molecule has 0 bridgehead atoms. The summed E-state index contributed by atoms with van der Waals surface area (Å²) in [6.45, 7) is 0.972. The minimum atomic E-state index is -0.725. The van der Waals surface area contributed by atoms with Crippen molar-refractivity contribution < 1.29 is 19.4 Å². The second-order valence-electron chi connectivity index (χ2n) is 9.22. The van der Waals surface area contributed by atoms with Crippen molar-refractivity contribution in [3.05, 3.63) is 137 Å². The molecule has 0 spiro atoms. The number of hydrogen-bond donors (Lipinski definition) is 1. The van der Waals surface area contributed by atoms with Crippen molar-refractivity contribution in [2.24, 2.45) is 0 Å². The highest BCUT2D eigenvalue weighted by atomic mass is 16.5. The van der Waals surface area contributed by atoms with Crippen LogP contribution in [0, 0.1) is 0 Å². The van der Waals surface area contributed by atoms with Gasteiger partial charge in [0.25, 0.3) is 0 Å². The number of aliphatic hydroxyl groups excluding tert-OH is 1. The normalized spacial score (nSPS) is 14.3. The summed E-state index contributed by atoms with van der Waals surface area (Å²) in [5, 5.41) is 11.0. The van der Waals surface area contributed by atoms with Crippen LogP contribution in [0.3, 0.4) is 0 Å². The Balaban J connectivity index is 1.42. The molecular formula is C32H26N2O4. The number of aromatic nitrogens is 2. The average Bonchev–Trinajstić information content (AvgIpc) is 3.31. The fourth-order valence-electron chi connectivity index (χ4n) is 4.95. The van der Waals surface area contributed by atoms with Gasteiger partial charge >= 0.3 is 5.97 Å². The van der Waals surface area contributed by atoms with Gasteiger partial charge in [-0.15, -0.1) is 0 Å². The van der Waals surface area contributed by atoms with Crippen LogP contribution in [0.4, 0.5) is 0 Å². The third-order valence-electron chi connectivity index (χ3n) is 6.95. The molecule has 0 radical (unpaired) electrons. The van der Waals surface area contributed by atoms with E-state index in [2.05, 4.69) is 27.8 Å². The Morgan fingerprint density at radius 2 is 1.82 bits per heavy atom. The summed E-state index contributed by atoms with van der Waals surface area (Å²) in [4.78, 5) is 16.9. The lowest BCUT2D eigenvalue weighted by Crippen LogP contribution is -2.03. The van der Waals surface area contributed by atoms with Gasteiger partial charge < -0.3 is 19.1 Å². The Labute approximate surface area is 220 Å². The number of esters is 1. The van der Waals surface area contributed by atoms with Crippen molar-refractivity contribution in [2.75, 3.05) is 7.11 Å². The number of fused-ring (bicyclic) bond motifs is 3. The summed E-state index contributed by atoms with van der Waals surface area (Å²) in [5.41, 5.74) is 7.82. The lowest BCUT2D eigenvalue weighted by molar-refractivity contribution is 0.0600. The van der Waals surface area contributed by atoms with Crippen molar-refractivity contribution in [1.82, 2.24) is 9.55 Å². The zero-order valence-corrected chi connectivity index (χ0v) is 20.9. The third kappa shape index (κ3) is 4.35. The van der Waals surface area contributed by atoms with E-state index in [1.54, 1.807) is 6.07 Å². The standard InChI is InChI=1S/C32H26N2O4/c1-37-32(36)23-12-14-30-27(17-23)26(25-10-6-5-9-24(25)19-38-30)15-16-34-20-33-28-13-11-22(18-29(28)34)31(35)21-7-3-2-4-8-21/h2-15,17-18,20,31,35H,16,19H2,1H3/b26-15+. The van der Waals surface area contributed by atoms with Crippen LogP contribution in [0.15, 0.2) is 103 Å². The number of carbonyl (C=O) groups is 1. The number of hydrogen-bond acceptors (Lipinski definition) is 5. The minimum Gasteiger partial charge on any atom is -0.488 e. The van der Waals surface area contributed by atoms with Crippen molar-refractivity contribution in [3.63, 3.8) is 0 Å². The van der Waals surface area contributed by atoms with Gasteiger partial charge in [0.1, 0.15) is 18.5 Å². The van der Waals surface area contributed by atoms with Crippen LogP contribution in [0.25, 0.3) is 16.6 Å². The van der Waals surface area contributed by atoms with E-state index in [1.807, 2.05) is 79.1 Å². The number of ether oxygens (including phenoxy) is 2. The molecule has 0 fully saturated rings. The first kappa shape index (κ1) is 23.7. The van der Waals surface area contributed by atoms with Gasteiger partial charge in [-0.1, -0.05) is 66.7 Å². The molecule has 0 saturated heterocycles. The molecular weight excluding hydrogens is 476 g/mol. The summed E-state index contributed by atoms with van der Waals surface area (Å²) in [6, 6.07) is 29.0. The topological polar surface area (TPSA) is 73.6 Å². The highest BCUT2D eigenvalue weighted by Crippen LogP contribution is 2.37. The first-order valence-electron chi connectivity index (χ1n) is 12.4. The van der Waals surface area contributed by atoms with Gasteiger partial charge in [0, 0.05) is 12.1 Å². The first-order chi connectivity index (χ1) is 18.6. The first-order valence-corrected chi connectivity index (χ1v) is 12.4.